The van der Waals surface area contributed by atoms with Crippen LogP contribution in [0.25, 0.3) is 0 Å². The van der Waals surface area contributed by atoms with Gasteiger partial charge < -0.3 is 4.74 Å². The fourth-order valence-corrected chi connectivity index (χ4v) is 0.429. The Morgan fingerprint density at radius 2 is 2.30 bits per heavy atom. The molecule has 0 aliphatic carbocycles. The van der Waals surface area contributed by atoms with Crippen LogP contribution in [0.1, 0.15) is 13.8 Å². The average Bonchev–Trinajstić information content (AvgIpc) is 1.87. The Morgan fingerprint density at radius 1 is 1.80 bits per heavy atom. The Balaban J connectivity index is 3.71. The zero-order valence-electron chi connectivity index (χ0n) is 6.63. The molecule has 0 bridgehead atoms. The van der Waals surface area contributed by atoms with Crippen LogP contribution in [0.5, 0.6) is 0 Å². The van der Waals surface area contributed by atoms with Crippen molar-refractivity contribution < 1.29 is 9.53 Å². The molecule has 0 aliphatic heterocycles. The first-order valence-electron chi connectivity index (χ1n) is 3.23. The Bertz CT molecular complexity index is 114. The molecule has 10 heavy (non-hydrogen) atoms. The highest BCUT2D eigenvalue weighted by Crippen LogP contribution is 1.91. The minimum atomic E-state index is -0.361. The van der Waals surface area contributed by atoms with E-state index in [4.69, 9.17) is 10.6 Å². The van der Waals surface area contributed by atoms with Gasteiger partial charge in [-0.05, 0) is 13.8 Å². The molecule has 0 saturated carbocycles. The summed E-state index contributed by atoms with van der Waals surface area (Å²) in [5.74, 6) is 5.01. The third kappa shape index (κ3) is 2.80. The lowest BCUT2D eigenvalue weighted by atomic mass is 10.3. The third-order valence-electron chi connectivity index (χ3n) is 1.24. The maximum atomic E-state index is 10.8. The monoisotopic (exact) mass is 146 g/mol. The molecule has 0 rings (SSSR count). The summed E-state index contributed by atoms with van der Waals surface area (Å²) in [4.78, 5) is 10.8. The molecule has 0 amide bonds. The molecule has 0 aromatic heterocycles. The van der Waals surface area contributed by atoms with E-state index in [1.165, 1.54) is 5.01 Å². The summed E-state index contributed by atoms with van der Waals surface area (Å²) in [5.41, 5.74) is 0. The fraction of sp³-hybridized carbons (Fsp3) is 0.833. The quantitative estimate of drug-likeness (QED) is 0.339. The van der Waals surface area contributed by atoms with Crippen molar-refractivity contribution in [1.82, 2.24) is 5.01 Å². The number of hydrogen-bond acceptors (Lipinski definition) is 4. The van der Waals surface area contributed by atoms with Gasteiger partial charge in [0.05, 0.1) is 6.61 Å². The van der Waals surface area contributed by atoms with Crippen molar-refractivity contribution in [2.75, 3.05) is 13.7 Å². The van der Waals surface area contributed by atoms with Gasteiger partial charge in [-0.15, -0.1) is 0 Å². The van der Waals surface area contributed by atoms with E-state index in [2.05, 4.69) is 0 Å². The van der Waals surface area contributed by atoms with E-state index in [9.17, 15) is 4.79 Å². The van der Waals surface area contributed by atoms with Crippen LogP contribution in [0.2, 0.25) is 0 Å². The van der Waals surface area contributed by atoms with Crippen molar-refractivity contribution in [2.45, 2.75) is 19.9 Å². The minimum Gasteiger partial charge on any atom is -0.465 e. The molecule has 0 spiro atoms. The molecule has 1 unspecified atom stereocenters. The number of likely N-dealkylation sites (N-methyl/N-ethyl adjacent to an activating group) is 1. The molecule has 4 heteroatoms. The molecule has 0 fully saturated rings. The van der Waals surface area contributed by atoms with Crippen molar-refractivity contribution >= 4 is 5.97 Å². The Labute approximate surface area is 60.9 Å². The lowest BCUT2D eigenvalue weighted by Crippen LogP contribution is -2.41. The lowest BCUT2D eigenvalue weighted by molar-refractivity contribution is -0.148. The summed E-state index contributed by atoms with van der Waals surface area (Å²) in [6.07, 6.45) is 0. The van der Waals surface area contributed by atoms with E-state index in [-0.39, 0.29) is 12.0 Å². The fourth-order valence-electron chi connectivity index (χ4n) is 0.429. The first kappa shape index (κ1) is 9.39. The van der Waals surface area contributed by atoms with Gasteiger partial charge in [0.2, 0.25) is 0 Å². The molecule has 60 valence electrons. The van der Waals surface area contributed by atoms with Gasteiger partial charge in [0.15, 0.2) is 0 Å². The smallest absolute Gasteiger partial charge is 0.324 e. The van der Waals surface area contributed by atoms with Gasteiger partial charge >= 0.3 is 5.97 Å². The molecule has 4 nitrogen and oxygen atoms in total. The van der Waals surface area contributed by atoms with E-state index in [0.29, 0.717) is 6.61 Å². The second-order valence-electron chi connectivity index (χ2n) is 2.09. The molecule has 0 saturated heterocycles. The van der Waals surface area contributed by atoms with E-state index in [1.54, 1.807) is 20.9 Å². The molecule has 0 aliphatic rings. The van der Waals surface area contributed by atoms with Crippen molar-refractivity contribution in [2.24, 2.45) is 5.84 Å². The number of ether oxygens (including phenoxy) is 1. The van der Waals surface area contributed by atoms with E-state index < -0.39 is 0 Å². The van der Waals surface area contributed by atoms with Crippen molar-refractivity contribution in [3.63, 3.8) is 0 Å². The summed E-state index contributed by atoms with van der Waals surface area (Å²) in [6.45, 7) is 3.86. The molecular formula is C6H14N2O2. The number of esters is 1. The summed E-state index contributed by atoms with van der Waals surface area (Å²) in [5, 5.41) is 1.32. The SMILES string of the molecule is CCOC(=O)C(C)N(C)N. The summed E-state index contributed by atoms with van der Waals surface area (Å²) >= 11 is 0. The average molecular weight is 146 g/mol. The number of hydrazine groups is 1. The topological polar surface area (TPSA) is 55.6 Å². The van der Waals surface area contributed by atoms with Gasteiger partial charge in [-0.3, -0.25) is 10.6 Å². The highest BCUT2D eigenvalue weighted by atomic mass is 16.5. The largest absolute Gasteiger partial charge is 0.465 e. The van der Waals surface area contributed by atoms with Crippen LogP contribution in [0.4, 0.5) is 0 Å². The highest BCUT2D eigenvalue weighted by Gasteiger charge is 2.15. The maximum absolute atomic E-state index is 10.8. The normalized spacial score (nSPS) is 13.3. The predicted octanol–water partition coefficient (Wildman–Crippen LogP) is -0.256. The minimum absolute atomic E-state index is 0.285. The maximum Gasteiger partial charge on any atom is 0.324 e. The van der Waals surface area contributed by atoms with E-state index in [0.717, 1.165) is 0 Å². The van der Waals surface area contributed by atoms with Crippen molar-refractivity contribution in [3.05, 3.63) is 0 Å². The molecule has 0 radical (unpaired) electrons. The molecule has 2 N–H and O–H groups in total. The molecule has 0 aromatic rings. The Hall–Kier alpha value is -0.610. The van der Waals surface area contributed by atoms with Crippen LogP contribution >= 0.6 is 0 Å². The van der Waals surface area contributed by atoms with Crippen LogP contribution in [0.3, 0.4) is 0 Å². The van der Waals surface area contributed by atoms with Crippen molar-refractivity contribution in [3.8, 4) is 0 Å². The third-order valence-corrected chi connectivity index (χ3v) is 1.24. The van der Waals surface area contributed by atoms with Crippen LogP contribution in [-0.2, 0) is 9.53 Å². The van der Waals surface area contributed by atoms with Crippen molar-refractivity contribution in [1.29, 1.82) is 0 Å². The zero-order valence-corrected chi connectivity index (χ0v) is 6.63. The number of rotatable bonds is 3. The number of carbonyl (C=O) groups is 1. The van der Waals surface area contributed by atoms with E-state index >= 15 is 0 Å². The van der Waals surface area contributed by atoms with Gasteiger partial charge in [0, 0.05) is 7.05 Å². The molecule has 0 heterocycles. The number of nitrogens with zero attached hydrogens (tertiary/aromatic N) is 1. The second-order valence-corrected chi connectivity index (χ2v) is 2.09. The highest BCUT2D eigenvalue weighted by molar-refractivity contribution is 5.75. The summed E-state index contributed by atoms with van der Waals surface area (Å²) in [7, 11) is 1.63. The zero-order chi connectivity index (χ0) is 8.15. The van der Waals surface area contributed by atoms with Crippen LogP contribution in [-0.4, -0.2) is 30.7 Å². The first-order chi connectivity index (χ1) is 4.59. The number of nitrogens with two attached hydrogens (primary N) is 1. The van der Waals surface area contributed by atoms with Crippen LogP contribution in [0.15, 0.2) is 0 Å². The summed E-state index contributed by atoms with van der Waals surface area (Å²) in [6, 6.07) is -0.361. The second kappa shape index (κ2) is 4.24. The van der Waals surface area contributed by atoms with Gasteiger partial charge in [-0.1, -0.05) is 0 Å². The van der Waals surface area contributed by atoms with Gasteiger partial charge in [-0.25, -0.2) is 5.01 Å². The van der Waals surface area contributed by atoms with Crippen LogP contribution in [0, 0.1) is 0 Å². The van der Waals surface area contributed by atoms with E-state index in [1.807, 2.05) is 0 Å². The predicted molar refractivity (Wildman–Crippen MR) is 38.0 cm³/mol. The van der Waals surface area contributed by atoms with Gasteiger partial charge in [0.1, 0.15) is 6.04 Å². The first-order valence-corrected chi connectivity index (χ1v) is 3.23. The standard InChI is InChI=1S/C6H14N2O2/c1-4-10-6(9)5(2)8(3)7/h5H,4,7H2,1-3H3. The number of carbonyl (C=O) groups excluding carboxylic acids is 1. The van der Waals surface area contributed by atoms with Gasteiger partial charge in [-0.2, -0.15) is 0 Å². The molecule has 1 atom stereocenters. The Morgan fingerprint density at radius 3 is 2.60 bits per heavy atom. The number of hydrogen-bond donors (Lipinski definition) is 1. The Kier molecular flexibility index (Phi) is 3.99. The van der Waals surface area contributed by atoms with Crippen LogP contribution < -0.4 is 5.84 Å². The molecular weight excluding hydrogens is 132 g/mol. The summed E-state index contributed by atoms with van der Waals surface area (Å²) < 4.78 is 4.70. The molecule has 0 aromatic carbocycles. The lowest BCUT2D eigenvalue weighted by Gasteiger charge is -2.16. The van der Waals surface area contributed by atoms with Gasteiger partial charge in [0.25, 0.3) is 0 Å².